The summed E-state index contributed by atoms with van der Waals surface area (Å²) in [5.41, 5.74) is 8.21. The summed E-state index contributed by atoms with van der Waals surface area (Å²) in [5.74, 6) is 1.51. The van der Waals surface area contributed by atoms with Crippen LogP contribution in [-0.2, 0) is 13.2 Å². The smallest absolute Gasteiger partial charge is 0.180 e. The average Bonchev–Trinajstić information content (AvgIpc) is 3.32. The number of nitrogens with zero attached hydrogens (tertiary/aromatic N) is 1. The Hall–Kier alpha value is -2.08. The Morgan fingerprint density at radius 2 is 1.88 bits per heavy atom. The van der Waals surface area contributed by atoms with Gasteiger partial charge in [-0.3, -0.25) is 0 Å². The van der Waals surface area contributed by atoms with Crippen LogP contribution in [0.3, 0.4) is 0 Å². The van der Waals surface area contributed by atoms with Gasteiger partial charge < -0.3 is 15.8 Å². The monoisotopic (exact) mass is 387 g/mol. The third kappa shape index (κ3) is 4.75. The van der Waals surface area contributed by atoms with Crippen molar-refractivity contribution in [2.24, 2.45) is 0 Å². The molecular formula is C20H22ClN3OS. The molecule has 4 rings (SSSR count). The molecule has 4 nitrogen and oxygen atoms in total. The number of halogens is 1. The Labute approximate surface area is 163 Å². The number of hydrogen-bond acceptors (Lipinski definition) is 5. The fraction of sp³-hybridized carbons (Fsp3) is 0.250. The highest BCUT2D eigenvalue weighted by atomic mass is 35.5. The van der Waals surface area contributed by atoms with Crippen LogP contribution in [0.25, 0.3) is 0 Å². The van der Waals surface area contributed by atoms with E-state index in [1.54, 1.807) is 11.3 Å². The zero-order valence-electron chi connectivity index (χ0n) is 14.3. The Balaban J connectivity index is 0.00000196. The zero-order valence-corrected chi connectivity index (χ0v) is 15.9. The molecule has 3 N–H and O–H groups in total. The van der Waals surface area contributed by atoms with Crippen LogP contribution >= 0.6 is 23.7 Å². The molecule has 1 heterocycles. The van der Waals surface area contributed by atoms with Gasteiger partial charge in [-0.15, -0.1) is 23.7 Å². The Bertz CT molecular complexity index is 823. The number of anilines is 1. The number of aromatic nitrogens is 1. The maximum Gasteiger partial charge on any atom is 0.180 e. The van der Waals surface area contributed by atoms with E-state index >= 15 is 0 Å². The van der Waals surface area contributed by atoms with Crippen molar-refractivity contribution in [3.63, 3.8) is 0 Å². The van der Waals surface area contributed by atoms with Crippen LogP contribution in [0.2, 0.25) is 0 Å². The fourth-order valence-electron chi connectivity index (χ4n) is 2.98. The van der Waals surface area contributed by atoms with Gasteiger partial charge in [-0.25, -0.2) is 4.98 Å². The summed E-state index contributed by atoms with van der Waals surface area (Å²) >= 11 is 1.55. The summed E-state index contributed by atoms with van der Waals surface area (Å²) in [6.45, 7) is 1.44. The molecule has 136 valence electrons. The molecule has 0 saturated heterocycles. The topological polar surface area (TPSA) is 60.2 Å². The minimum atomic E-state index is 0. The van der Waals surface area contributed by atoms with Gasteiger partial charge in [0.1, 0.15) is 12.4 Å². The van der Waals surface area contributed by atoms with Crippen molar-refractivity contribution < 1.29 is 4.74 Å². The van der Waals surface area contributed by atoms with E-state index in [4.69, 9.17) is 10.5 Å². The van der Waals surface area contributed by atoms with Gasteiger partial charge in [0, 0.05) is 29.6 Å². The number of nitrogens with two attached hydrogens (primary N) is 1. The zero-order chi connectivity index (χ0) is 17.1. The van der Waals surface area contributed by atoms with Gasteiger partial charge in [0.2, 0.25) is 0 Å². The van der Waals surface area contributed by atoms with Crippen LogP contribution in [0, 0.1) is 0 Å². The first-order valence-corrected chi connectivity index (χ1v) is 9.30. The number of benzene rings is 2. The molecule has 26 heavy (non-hydrogen) atoms. The Morgan fingerprint density at radius 3 is 2.58 bits per heavy atom. The lowest BCUT2D eigenvalue weighted by molar-refractivity contribution is 0.306. The third-order valence-electron chi connectivity index (χ3n) is 4.46. The summed E-state index contributed by atoms with van der Waals surface area (Å²) in [4.78, 5) is 5.27. The molecule has 3 aromatic rings. The second kappa shape index (κ2) is 8.54. The van der Waals surface area contributed by atoms with Crippen molar-refractivity contribution >= 4 is 28.9 Å². The summed E-state index contributed by atoms with van der Waals surface area (Å²) in [5, 5.41) is 4.21. The van der Waals surface area contributed by atoms with Gasteiger partial charge in [-0.05, 0) is 29.7 Å². The Morgan fingerprint density at radius 1 is 1.12 bits per heavy atom. The molecule has 1 aromatic heterocycles. The van der Waals surface area contributed by atoms with Crippen molar-refractivity contribution in [1.29, 1.82) is 0 Å². The maximum atomic E-state index is 5.85. The van der Waals surface area contributed by atoms with Crippen LogP contribution in [0.15, 0.2) is 60.8 Å². The lowest BCUT2D eigenvalue weighted by Gasteiger charge is -2.08. The van der Waals surface area contributed by atoms with Crippen molar-refractivity contribution in [2.45, 2.75) is 31.5 Å². The number of thiazole rings is 1. The predicted molar refractivity (Wildman–Crippen MR) is 109 cm³/mol. The van der Waals surface area contributed by atoms with E-state index < -0.39 is 0 Å². The molecule has 0 amide bonds. The van der Waals surface area contributed by atoms with E-state index in [2.05, 4.69) is 46.7 Å². The van der Waals surface area contributed by atoms with Crippen LogP contribution in [0.4, 0.5) is 5.13 Å². The third-order valence-corrected chi connectivity index (χ3v) is 5.28. The van der Waals surface area contributed by atoms with Gasteiger partial charge in [0.25, 0.3) is 0 Å². The van der Waals surface area contributed by atoms with E-state index in [0.29, 0.717) is 23.7 Å². The van der Waals surface area contributed by atoms with Crippen LogP contribution in [-0.4, -0.2) is 11.0 Å². The molecule has 0 bridgehead atoms. The standard InChI is InChI=1S/C20H21N3OS.ClH/c21-20-23-12-17(25-20)11-22-19-10-18(19)15-6-8-16(9-7-15)24-13-14-4-2-1-3-5-14;/h1-9,12,18-19,22H,10-11,13H2,(H2,21,23);1H/t18-,19+;/m1./s1. The number of hydrogen-bond donors (Lipinski definition) is 2. The average molecular weight is 388 g/mol. The first kappa shape index (κ1) is 18.7. The highest BCUT2D eigenvalue weighted by molar-refractivity contribution is 7.15. The van der Waals surface area contributed by atoms with E-state index in [1.807, 2.05) is 24.4 Å². The highest BCUT2D eigenvalue weighted by Crippen LogP contribution is 2.41. The molecule has 0 unspecified atom stereocenters. The minimum Gasteiger partial charge on any atom is -0.489 e. The second-order valence-corrected chi connectivity index (χ2v) is 7.48. The van der Waals surface area contributed by atoms with E-state index in [-0.39, 0.29) is 12.4 Å². The number of nitrogen functional groups attached to an aromatic ring is 1. The van der Waals surface area contributed by atoms with Gasteiger partial charge in [0.15, 0.2) is 5.13 Å². The molecule has 1 aliphatic carbocycles. The maximum absolute atomic E-state index is 5.85. The van der Waals surface area contributed by atoms with Crippen molar-refractivity contribution in [3.05, 3.63) is 76.8 Å². The van der Waals surface area contributed by atoms with Gasteiger partial charge >= 0.3 is 0 Å². The van der Waals surface area contributed by atoms with Crippen LogP contribution < -0.4 is 15.8 Å². The Kier molecular flexibility index (Phi) is 6.14. The van der Waals surface area contributed by atoms with Gasteiger partial charge in [0.05, 0.1) is 0 Å². The normalized spacial score (nSPS) is 18.2. The van der Waals surface area contributed by atoms with Crippen LogP contribution in [0.5, 0.6) is 5.75 Å². The predicted octanol–water partition coefficient (Wildman–Crippen LogP) is 4.37. The number of nitrogens with one attached hydrogen (secondary N) is 1. The summed E-state index contributed by atoms with van der Waals surface area (Å²) in [6, 6.07) is 19.3. The molecule has 1 aliphatic rings. The molecule has 0 radical (unpaired) electrons. The number of rotatable bonds is 7. The lowest BCUT2D eigenvalue weighted by atomic mass is 10.1. The van der Waals surface area contributed by atoms with Crippen molar-refractivity contribution in [2.75, 3.05) is 5.73 Å². The fourth-order valence-corrected chi connectivity index (χ4v) is 3.61. The first-order chi connectivity index (χ1) is 12.3. The molecule has 6 heteroatoms. The SMILES string of the molecule is Cl.Nc1ncc(CN[C@H]2C[C@@H]2c2ccc(OCc3ccccc3)cc2)s1. The quantitative estimate of drug-likeness (QED) is 0.631. The molecule has 0 spiro atoms. The number of ether oxygens (including phenoxy) is 1. The van der Waals surface area contributed by atoms with Gasteiger partial charge in [-0.1, -0.05) is 42.5 Å². The molecule has 1 saturated carbocycles. The molecule has 2 atom stereocenters. The van der Waals surface area contributed by atoms with E-state index in [9.17, 15) is 0 Å². The lowest BCUT2D eigenvalue weighted by Crippen LogP contribution is -2.16. The molecule has 2 aromatic carbocycles. The largest absolute Gasteiger partial charge is 0.489 e. The molecular weight excluding hydrogens is 366 g/mol. The summed E-state index contributed by atoms with van der Waals surface area (Å²) < 4.78 is 5.85. The van der Waals surface area contributed by atoms with Crippen LogP contribution in [0.1, 0.15) is 28.3 Å². The van der Waals surface area contributed by atoms with Crippen molar-refractivity contribution in [3.8, 4) is 5.75 Å². The highest BCUT2D eigenvalue weighted by Gasteiger charge is 2.37. The summed E-state index contributed by atoms with van der Waals surface area (Å²) in [6.07, 6.45) is 3.03. The van der Waals surface area contributed by atoms with E-state index in [0.717, 1.165) is 12.3 Å². The first-order valence-electron chi connectivity index (χ1n) is 8.48. The van der Waals surface area contributed by atoms with Crippen molar-refractivity contribution in [1.82, 2.24) is 10.3 Å². The van der Waals surface area contributed by atoms with E-state index in [1.165, 1.54) is 22.4 Å². The molecule has 0 aliphatic heterocycles. The second-order valence-electron chi connectivity index (χ2n) is 6.34. The molecule has 1 fully saturated rings. The van der Waals surface area contributed by atoms with Gasteiger partial charge in [-0.2, -0.15) is 0 Å². The summed E-state index contributed by atoms with van der Waals surface area (Å²) in [7, 11) is 0. The minimum absolute atomic E-state index is 0.